The van der Waals surface area contributed by atoms with Crippen LogP contribution < -0.4 is 0 Å². The summed E-state index contributed by atoms with van der Waals surface area (Å²) in [6.45, 7) is 4.56. The highest BCUT2D eigenvalue weighted by molar-refractivity contribution is 5.38. The van der Waals surface area contributed by atoms with Crippen molar-refractivity contribution in [1.29, 1.82) is 0 Å². The molecule has 2 aliphatic rings. The molecule has 0 aromatic rings. The van der Waals surface area contributed by atoms with Crippen molar-refractivity contribution in [3.05, 3.63) is 35.6 Å². The first kappa shape index (κ1) is 7.66. The van der Waals surface area contributed by atoms with Crippen LogP contribution in [0.5, 0.6) is 0 Å². The number of rotatable bonds is 1. The molecule has 0 N–H and O–H groups in total. The van der Waals surface area contributed by atoms with Gasteiger partial charge in [-0.05, 0) is 31.4 Å². The molecule has 12 heavy (non-hydrogen) atoms. The lowest BCUT2D eigenvalue weighted by atomic mass is 10.2. The molecule has 0 aromatic heterocycles. The van der Waals surface area contributed by atoms with Crippen LogP contribution in [-0.4, -0.2) is 18.0 Å². The molecule has 0 unspecified atom stereocenters. The molecule has 0 saturated heterocycles. The molecule has 1 aliphatic heterocycles. The van der Waals surface area contributed by atoms with E-state index in [4.69, 9.17) is 0 Å². The highest BCUT2D eigenvalue weighted by Gasteiger charge is 2.17. The third-order valence-electron chi connectivity index (χ3n) is 2.57. The van der Waals surface area contributed by atoms with E-state index < -0.39 is 0 Å². The Morgan fingerprint density at radius 3 is 3.00 bits per heavy atom. The van der Waals surface area contributed by atoms with Crippen LogP contribution in [0.2, 0.25) is 0 Å². The Labute approximate surface area is 74.1 Å². The van der Waals surface area contributed by atoms with Gasteiger partial charge < -0.3 is 4.90 Å². The van der Waals surface area contributed by atoms with Crippen LogP contribution in [0.4, 0.5) is 0 Å². The fraction of sp³-hybridized carbons (Fsp3) is 0.455. The Bertz CT molecular complexity index is 258. The largest absolute Gasteiger partial charge is 0.371 e. The topological polar surface area (TPSA) is 3.24 Å². The zero-order chi connectivity index (χ0) is 8.39. The lowest BCUT2D eigenvalue weighted by Crippen LogP contribution is -2.17. The van der Waals surface area contributed by atoms with Crippen LogP contribution in [0.1, 0.15) is 19.8 Å². The fourth-order valence-electron chi connectivity index (χ4n) is 1.89. The van der Waals surface area contributed by atoms with Gasteiger partial charge in [0.1, 0.15) is 0 Å². The van der Waals surface area contributed by atoms with E-state index in [0.717, 1.165) is 13.0 Å². The minimum absolute atomic E-state index is 1.09. The molecule has 1 heterocycles. The van der Waals surface area contributed by atoms with Gasteiger partial charge in [0.05, 0.1) is 0 Å². The second kappa shape index (κ2) is 3.18. The van der Waals surface area contributed by atoms with E-state index in [-0.39, 0.29) is 0 Å². The highest BCUT2D eigenvalue weighted by Crippen LogP contribution is 2.26. The van der Waals surface area contributed by atoms with Gasteiger partial charge >= 0.3 is 0 Å². The third kappa shape index (κ3) is 1.20. The Morgan fingerprint density at radius 2 is 2.17 bits per heavy atom. The molecule has 1 aliphatic carbocycles. The molecule has 0 saturated carbocycles. The first-order valence-electron chi connectivity index (χ1n) is 4.73. The van der Waals surface area contributed by atoms with E-state index in [0.29, 0.717) is 0 Å². The van der Waals surface area contributed by atoms with Gasteiger partial charge in [0, 0.05) is 18.8 Å². The summed E-state index contributed by atoms with van der Waals surface area (Å²) >= 11 is 0. The summed E-state index contributed by atoms with van der Waals surface area (Å²) in [5, 5.41) is 0. The average molecular weight is 161 g/mol. The summed E-state index contributed by atoms with van der Waals surface area (Å²) < 4.78 is 0. The Hall–Kier alpha value is -0.980. The smallest absolute Gasteiger partial charge is 0.0396 e. The van der Waals surface area contributed by atoms with Crippen molar-refractivity contribution in [2.24, 2.45) is 0 Å². The van der Waals surface area contributed by atoms with E-state index >= 15 is 0 Å². The van der Waals surface area contributed by atoms with E-state index in [9.17, 15) is 0 Å². The van der Waals surface area contributed by atoms with Crippen LogP contribution >= 0.6 is 0 Å². The first-order chi connectivity index (χ1) is 5.92. The lowest BCUT2D eigenvalue weighted by Gasteiger charge is -2.17. The lowest BCUT2D eigenvalue weighted by molar-refractivity contribution is 0.408. The molecular formula is C11H15N. The summed E-state index contributed by atoms with van der Waals surface area (Å²) in [4.78, 5) is 2.45. The standard InChI is InChI=1S/C11H15N/c1-2-12-9-8-10-6-4-3-5-7-11(10)12/h4-7H,2-3,8-9H2,1H3. The second-order valence-corrected chi connectivity index (χ2v) is 3.28. The summed E-state index contributed by atoms with van der Waals surface area (Å²) in [5.41, 5.74) is 2.97. The van der Waals surface area contributed by atoms with Crippen LogP contribution in [0.3, 0.4) is 0 Å². The number of nitrogens with zero attached hydrogens (tertiary/aromatic N) is 1. The predicted octanol–water partition coefficient (Wildman–Crippen LogP) is 2.48. The Balaban J connectivity index is 2.30. The summed E-state index contributed by atoms with van der Waals surface area (Å²) in [6.07, 6.45) is 11.4. The molecule has 64 valence electrons. The van der Waals surface area contributed by atoms with Crippen molar-refractivity contribution in [3.8, 4) is 0 Å². The van der Waals surface area contributed by atoms with Crippen LogP contribution in [-0.2, 0) is 0 Å². The van der Waals surface area contributed by atoms with Crippen molar-refractivity contribution >= 4 is 0 Å². The van der Waals surface area contributed by atoms with E-state index in [1.54, 1.807) is 0 Å². The number of likely N-dealkylation sites (N-methyl/N-ethyl adjacent to an activating group) is 1. The normalized spacial score (nSPS) is 21.6. The van der Waals surface area contributed by atoms with Crippen LogP contribution in [0.25, 0.3) is 0 Å². The van der Waals surface area contributed by atoms with Gasteiger partial charge in [-0.2, -0.15) is 0 Å². The molecule has 0 bridgehead atoms. The van der Waals surface area contributed by atoms with E-state index in [1.807, 2.05) is 0 Å². The molecule has 0 atom stereocenters. The van der Waals surface area contributed by atoms with Crippen LogP contribution in [0.15, 0.2) is 35.6 Å². The van der Waals surface area contributed by atoms with E-state index in [2.05, 4.69) is 36.1 Å². The molecule has 1 heteroatoms. The van der Waals surface area contributed by atoms with Crippen molar-refractivity contribution in [1.82, 2.24) is 4.90 Å². The van der Waals surface area contributed by atoms with Gasteiger partial charge in [-0.25, -0.2) is 0 Å². The number of hydrogen-bond donors (Lipinski definition) is 0. The summed E-state index contributed by atoms with van der Waals surface area (Å²) in [5.74, 6) is 0. The van der Waals surface area contributed by atoms with Gasteiger partial charge in [0.15, 0.2) is 0 Å². The van der Waals surface area contributed by atoms with Gasteiger partial charge in [-0.3, -0.25) is 0 Å². The number of allylic oxidation sites excluding steroid dienone is 4. The average Bonchev–Trinajstić information content (AvgIpc) is 2.33. The van der Waals surface area contributed by atoms with Gasteiger partial charge in [0.2, 0.25) is 0 Å². The third-order valence-corrected chi connectivity index (χ3v) is 2.57. The predicted molar refractivity (Wildman–Crippen MR) is 51.8 cm³/mol. The Morgan fingerprint density at radius 1 is 1.33 bits per heavy atom. The molecule has 2 rings (SSSR count). The van der Waals surface area contributed by atoms with Gasteiger partial charge in [-0.1, -0.05) is 18.2 Å². The molecule has 0 amide bonds. The van der Waals surface area contributed by atoms with Crippen molar-refractivity contribution in [3.63, 3.8) is 0 Å². The molecule has 0 fully saturated rings. The fourth-order valence-corrected chi connectivity index (χ4v) is 1.89. The van der Waals surface area contributed by atoms with Gasteiger partial charge in [0.25, 0.3) is 0 Å². The van der Waals surface area contributed by atoms with Gasteiger partial charge in [-0.15, -0.1) is 0 Å². The molecule has 0 radical (unpaired) electrons. The van der Waals surface area contributed by atoms with Crippen LogP contribution in [0, 0.1) is 0 Å². The summed E-state index contributed by atoms with van der Waals surface area (Å²) in [7, 11) is 0. The van der Waals surface area contributed by atoms with Crippen molar-refractivity contribution in [2.45, 2.75) is 19.8 Å². The first-order valence-corrected chi connectivity index (χ1v) is 4.73. The minimum Gasteiger partial charge on any atom is -0.371 e. The minimum atomic E-state index is 1.09. The Kier molecular flexibility index (Phi) is 2.03. The highest BCUT2D eigenvalue weighted by atomic mass is 15.1. The van der Waals surface area contributed by atoms with Crippen molar-refractivity contribution in [2.75, 3.05) is 13.1 Å². The van der Waals surface area contributed by atoms with E-state index in [1.165, 1.54) is 24.2 Å². The van der Waals surface area contributed by atoms with Crippen molar-refractivity contribution < 1.29 is 0 Å². The molecule has 1 nitrogen and oxygen atoms in total. The monoisotopic (exact) mass is 161 g/mol. The second-order valence-electron chi connectivity index (χ2n) is 3.28. The summed E-state index contributed by atoms with van der Waals surface area (Å²) in [6, 6.07) is 0. The number of hydrogen-bond acceptors (Lipinski definition) is 1. The zero-order valence-electron chi connectivity index (χ0n) is 7.59. The SMILES string of the molecule is CCN1CCC2=C1C=CCC=C2. The maximum Gasteiger partial charge on any atom is 0.0396 e. The molecule has 0 aromatic carbocycles. The molecular weight excluding hydrogens is 146 g/mol. The maximum absolute atomic E-state index is 2.45. The molecule has 0 spiro atoms. The maximum atomic E-state index is 2.45. The quantitative estimate of drug-likeness (QED) is 0.571. The zero-order valence-corrected chi connectivity index (χ0v) is 7.59.